The first-order valence-corrected chi connectivity index (χ1v) is 5.65. The van der Waals surface area contributed by atoms with E-state index in [2.05, 4.69) is 15.2 Å². The van der Waals surface area contributed by atoms with Gasteiger partial charge >= 0.3 is 0 Å². The molecule has 1 aromatic carbocycles. The van der Waals surface area contributed by atoms with Crippen molar-refractivity contribution in [3.63, 3.8) is 0 Å². The van der Waals surface area contributed by atoms with E-state index in [-0.39, 0.29) is 5.91 Å². The van der Waals surface area contributed by atoms with Gasteiger partial charge in [-0.3, -0.25) is 9.89 Å². The van der Waals surface area contributed by atoms with Gasteiger partial charge in [0, 0.05) is 12.6 Å². The highest BCUT2D eigenvalue weighted by Crippen LogP contribution is 2.22. The molecule has 0 fully saturated rings. The topological polar surface area (TPSA) is 97.1 Å². The molecule has 2 rings (SSSR count). The Morgan fingerprint density at radius 1 is 1.53 bits per heavy atom. The van der Waals surface area contributed by atoms with Gasteiger partial charge in [-0.2, -0.15) is 5.10 Å². The SMILES string of the molecule is COc1ccc(C(=O)N(C)Cc2ncn[nH]2)cc1N. The van der Waals surface area contributed by atoms with E-state index in [4.69, 9.17) is 10.5 Å². The fourth-order valence-corrected chi connectivity index (χ4v) is 1.69. The van der Waals surface area contributed by atoms with Crippen LogP contribution in [0.25, 0.3) is 0 Å². The summed E-state index contributed by atoms with van der Waals surface area (Å²) in [4.78, 5) is 17.7. The summed E-state index contributed by atoms with van der Waals surface area (Å²) in [6.45, 7) is 0.352. The van der Waals surface area contributed by atoms with E-state index < -0.39 is 0 Å². The van der Waals surface area contributed by atoms with Gasteiger partial charge in [-0.05, 0) is 18.2 Å². The van der Waals surface area contributed by atoms with Crippen molar-refractivity contribution in [2.45, 2.75) is 6.54 Å². The molecule has 3 N–H and O–H groups in total. The zero-order valence-corrected chi connectivity index (χ0v) is 10.8. The van der Waals surface area contributed by atoms with Crippen LogP contribution < -0.4 is 10.5 Å². The lowest BCUT2D eigenvalue weighted by Crippen LogP contribution is -2.26. The number of aromatic amines is 1. The number of carbonyl (C=O) groups excluding carboxylic acids is 1. The number of benzene rings is 1. The molecule has 0 aliphatic carbocycles. The Labute approximate surface area is 110 Å². The monoisotopic (exact) mass is 261 g/mol. The summed E-state index contributed by atoms with van der Waals surface area (Å²) in [6.07, 6.45) is 1.40. The molecule has 1 amide bonds. The molecule has 0 radical (unpaired) electrons. The maximum Gasteiger partial charge on any atom is 0.254 e. The van der Waals surface area contributed by atoms with Crippen molar-refractivity contribution in [1.29, 1.82) is 0 Å². The average molecular weight is 261 g/mol. The molecule has 7 nitrogen and oxygen atoms in total. The van der Waals surface area contributed by atoms with Crippen LogP contribution in [0.3, 0.4) is 0 Å². The Morgan fingerprint density at radius 2 is 2.32 bits per heavy atom. The van der Waals surface area contributed by atoms with Gasteiger partial charge in [0.2, 0.25) is 0 Å². The first-order valence-electron chi connectivity index (χ1n) is 5.65. The second-order valence-corrected chi connectivity index (χ2v) is 4.05. The van der Waals surface area contributed by atoms with Gasteiger partial charge in [0.05, 0.1) is 19.3 Å². The summed E-state index contributed by atoms with van der Waals surface area (Å²) in [6, 6.07) is 4.94. The summed E-state index contributed by atoms with van der Waals surface area (Å²) < 4.78 is 5.05. The summed E-state index contributed by atoms with van der Waals surface area (Å²) in [5.41, 5.74) is 6.71. The Kier molecular flexibility index (Phi) is 3.65. The molecular formula is C12H15N5O2. The number of hydrogen-bond donors (Lipinski definition) is 2. The molecule has 2 aromatic rings. The molecule has 100 valence electrons. The molecule has 0 unspecified atom stereocenters. The second-order valence-electron chi connectivity index (χ2n) is 4.05. The number of amides is 1. The number of aromatic nitrogens is 3. The van der Waals surface area contributed by atoms with Gasteiger partial charge in [0.15, 0.2) is 0 Å². The molecule has 0 bridgehead atoms. The summed E-state index contributed by atoms with van der Waals surface area (Å²) in [7, 11) is 3.22. The quantitative estimate of drug-likeness (QED) is 0.788. The Bertz CT molecular complexity index is 568. The second kappa shape index (κ2) is 5.38. The Balaban J connectivity index is 2.12. The molecule has 19 heavy (non-hydrogen) atoms. The summed E-state index contributed by atoms with van der Waals surface area (Å²) in [5.74, 6) is 1.03. The van der Waals surface area contributed by atoms with Gasteiger partial charge < -0.3 is 15.4 Å². The van der Waals surface area contributed by atoms with E-state index in [1.165, 1.54) is 18.3 Å². The number of hydrogen-bond acceptors (Lipinski definition) is 5. The number of carbonyl (C=O) groups is 1. The largest absolute Gasteiger partial charge is 0.495 e. The van der Waals surface area contributed by atoms with E-state index in [0.717, 1.165) is 0 Å². The molecule has 0 saturated heterocycles. The van der Waals surface area contributed by atoms with Crippen LogP contribution >= 0.6 is 0 Å². The van der Waals surface area contributed by atoms with Crippen LogP contribution in [0.1, 0.15) is 16.2 Å². The van der Waals surface area contributed by atoms with Gasteiger partial charge in [-0.25, -0.2) is 4.98 Å². The number of nitrogen functional groups attached to an aromatic ring is 1. The highest BCUT2D eigenvalue weighted by Gasteiger charge is 2.14. The van der Waals surface area contributed by atoms with Crippen molar-refractivity contribution in [2.75, 3.05) is 19.9 Å². The number of methoxy groups -OCH3 is 1. The fourth-order valence-electron chi connectivity index (χ4n) is 1.69. The van der Waals surface area contributed by atoms with Crippen LogP contribution in [-0.2, 0) is 6.54 Å². The molecule has 1 aromatic heterocycles. The lowest BCUT2D eigenvalue weighted by atomic mass is 10.1. The lowest BCUT2D eigenvalue weighted by Gasteiger charge is -2.16. The van der Waals surface area contributed by atoms with Gasteiger partial charge in [0.1, 0.15) is 17.9 Å². The van der Waals surface area contributed by atoms with Gasteiger partial charge in [-0.15, -0.1) is 0 Å². The number of anilines is 1. The normalized spacial score (nSPS) is 10.2. The molecule has 7 heteroatoms. The fraction of sp³-hybridized carbons (Fsp3) is 0.250. The molecule has 0 aliphatic heterocycles. The van der Waals surface area contributed by atoms with Gasteiger partial charge in [-0.1, -0.05) is 0 Å². The predicted octanol–water partition coefficient (Wildman–Crippen LogP) is 0.668. The van der Waals surface area contributed by atoms with E-state index in [0.29, 0.717) is 29.4 Å². The highest BCUT2D eigenvalue weighted by molar-refractivity contribution is 5.95. The minimum Gasteiger partial charge on any atom is -0.495 e. The maximum atomic E-state index is 12.2. The van der Waals surface area contributed by atoms with E-state index in [1.807, 2.05) is 0 Å². The third-order valence-electron chi connectivity index (χ3n) is 2.68. The molecule has 0 saturated carbocycles. The maximum absolute atomic E-state index is 12.2. The minimum atomic E-state index is -0.147. The molecule has 0 aliphatic rings. The highest BCUT2D eigenvalue weighted by atomic mass is 16.5. The van der Waals surface area contributed by atoms with Gasteiger partial charge in [0.25, 0.3) is 5.91 Å². The predicted molar refractivity (Wildman–Crippen MR) is 69.6 cm³/mol. The van der Waals surface area contributed by atoms with Crippen molar-refractivity contribution >= 4 is 11.6 Å². The van der Waals surface area contributed by atoms with Crippen LogP contribution in [0.4, 0.5) is 5.69 Å². The van der Waals surface area contributed by atoms with Crippen molar-refractivity contribution in [3.8, 4) is 5.75 Å². The first-order chi connectivity index (χ1) is 9.11. The van der Waals surface area contributed by atoms with Crippen molar-refractivity contribution < 1.29 is 9.53 Å². The number of ether oxygens (including phenoxy) is 1. The van der Waals surface area contributed by atoms with E-state index in [9.17, 15) is 4.79 Å². The van der Waals surface area contributed by atoms with Crippen LogP contribution in [0, 0.1) is 0 Å². The average Bonchev–Trinajstić information content (AvgIpc) is 2.90. The number of rotatable bonds is 4. The van der Waals surface area contributed by atoms with Crippen molar-refractivity contribution in [3.05, 3.63) is 35.9 Å². The standard InChI is InChI=1S/C12H15N5O2/c1-17(6-11-14-7-15-16-11)12(18)8-3-4-10(19-2)9(13)5-8/h3-5,7H,6,13H2,1-2H3,(H,14,15,16). The van der Waals surface area contributed by atoms with Crippen molar-refractivity contribution in [2.24, 2.45) is 0 Å². The number of nitrogens with zero attached hydrogens (tertiary/aromatic N) is 3. The first kappa shape index (κ1) is 12.9. The third kappa shape index (κ3) is 2.82. The zero-order chi connectivity index (χ0) is 13.8. The van der Waals surface area contributed by atoms with E-state index >= 15 is 0 Å². The third-order valence-corrected chi connectivity index (χ3v) is 2.68. The Morgan fingerprint density at radius 3 is 2.89 bits per heavy atom. The lowest BCUT2D eigenvalue weighted by molar-refractivity contribution is 0.0781. The molecule has 0 atom stereocenters. The number of H-pyrrole nitrogens is 1. The molecule has 0 spiro atoms. The van der Waals surface area contributed by atoms with E-state index in [1.54, 1.807) is 25.2 Å². The smallest absolute Gasteiger partial charge is 0.254 e. The minimum absolute atomic E-state index is 0.147. The zero-order valence-electron chi connectivity index (χ0n) is 10.8. The van der Waals surface area contributed by atoms with Crippen LogP contribution in [-0.4, -0.2) is 40.1 Å². The Hall–Kier alpha value is -2.57. The number of nitrogens with one attached hydrogen (secondary N) is 1. The van der Waals surface area contributed by atoms with Crippen LogP contribution in [0.15, 0.2) is 24.5 Å². The number of nitrogens with two attached hydrogens (primary N) is 1. The molecule has 1 heterocycles. The molecular weight excluding hydrogens is 246 g/mol. The summed E-state index contributed by atoms with van der Waals surface area (Å²) >= 11 is 0. The summed E-state index contributed by atoms with van der Waals surface area (Å²) in [5, 5.41) is 6.44. The van der Waals surface area contributed by atoms with Crippen LogP contribution in [0.2, 0.25) is 0 Å². The van der Waals surface area contributed by atoms with Crippen molar-refractivity contribution in [1.82, 2.24) is 20.1 Å². The van der Waals surface area contributed by atoms with Crippen LogP contribution in [0.5, 0.6) is 5.75 Å².